The van der Waals surface area contributed by atoms with Crippen LogP contribution in [-0.2, 0) is 0 Å². The first-order chi connectivity index (χ1) is 8.16. The van der Waals surface area contributed by atoms with E-state index >= 15 is 0 Å². The van der Waals surface area contributed by atoms with Crippen molar-refractivity contribution in [3.63, 3.8) is 0 Å². The summed E-state index contributed by atoms with van der Waals surface area (Å²) in [5.41, 5.74) is 0.954. The lowest BCUT2D eigenvalue weighted by Crippen LogP contribution is -2.42. The Morgan fingerprint density at radius 2 is 2.06 bits per heavy atom. The summed E-state index contributed by atoms with van der Waals surface area (Å²) in [7, 11) is 0. The maximum atomic E-state index is 13.6. The number of benzene rings is 1. The van der Waals surface area contributed by atoms with Gasteiger partial charge in [0.2, 0.25) is 0 Å². The molecular weight excluding hydrogens is 255 g/mol. The average Bonchev–Trinajstić information content (AvgIpc) is 2.30. The molecule has 2 N–H and O–H groups in total. The van der Waals surface area contributed by atoms with Crippen molar-refractivity contribution in [1.29, 1.82) is 0 Å². The van der Waals surface area contributed by atoms with Crippen LogP contribution in [0.4, 0.5) is 4.39 Å². The largest absolute Gasteiger partial charge is 0.349 e. The van der Waals surface area contributed by atoms with Gasteiger partial charge in [0, 0.05) is 6.04 Å². The Kier molecular flexibility index (Phi) is 5.56. The van der Waals surface area contributed by atoms with Crippen LogP contribution in [0.15, 0.2) is 18.2 Å². The lowest BCUT2D eigenvalue weighted by molar-refractivity contribution is 0.0925. The third-order valence-electron chi connectivity index (χ3n) is 3.04. The van der Waals surface area contributed by atoms with Gasteiger partial charge in [0.05, 0.1) is 5.56 Å². The Morgan fingerprint density at radius 1 is 1.39 bits per heavy atom. The summed E-state index contributed by atoms with van der Waals surface area (Å²) in [5, 5.41) is 6.10. The Balaban J connectivity index is 0.00000162. The molecule has 100 valence electrons. The number of rotatable bonds is 2. The van der Waals surface area contributed by atoms with Gasteiger partial charge in [-0.05, 0) is 50.6 Å². The third-order valence-corrected chi connectivity index (χ3v) is 3.04. The smallest absolute Gasteiger partial charge is 0.254 e. The fourth-order valence-electron chi connectivity index (χ4n) is 2.03. The van der Waals surface area contributed by atoms with Crippen LogP contribution in [0.2, 0.25) is 0 Å². The zero-order chi connectivity index (χ0) is 12.3. The van der Waals surface area contributed by atoms with Crippen LogP contribution in [0.25, 0.3) is 0 Å². The quantitative estimate of drug-likeness (QED) is 0.865. The van der Waals surface area contributed by atoms with Crippen LogP contribution in [0.3, 0.4) is 0 Å². The van der Waals surface area contributed by atoms with E-state index in [1.54, 1.807) is 19.1 Å². The second-order valence-electron chi connectivity index (χ2n) is 4.48. The van der Waals surface area contributed by atoms with Crippen molar-refractivity contribution >= 4 is 18.3 Å². The Labute approximate surface area is 113 Å². The molecule has 1 aliphatic rings. The lowest BCUT2D eigenvalue weighted by Gasteiger charge is -2.23. The summed E-state index contributed by atoms with van der Waals surface area (Å²) in [6.07, 6.45) is 1.80. The van der Waals surface area contributed by atoms with Crippen LogP contribution in [0.1, 0.15) is 28.8 Å². The monoisotopic (exact) mass is 272 g/mol. The summed E-state index contributed by atoms with van der Waals surface area (Å²) >= 11 is 0. The van der Waals surface area contributed by atoms with Crippen molar-refractivity contribution in [1.82, 2.24) is 10.6 Å². The first-order valence-electron chi connectivity index (χ1n) is 5.94. The molecule has 18 heavy (non-hydrogen) atoms. The van der Waals surface area contributed by atoms with E-state index in [4.69, 9.17) is 0 Å². The van der Waals surface area contributed by atoms with Gasteiger partial charge in [-0.2, -0.15) is 0 Å². The van der Waals surface area contributed by atoms with Crippen LogP contribution < -0.4 is 10.6 Å². The van der Waals surface area contributed by atoms with E-state index in [1.807, 2.05) is 0 Å². The summed E-state index contributed by atoms with van der Waals surface area (Å²) in [6, 6.07) is 4.84. The van der Waals surface area contributed by atoms with Gasteiger partial charge < -0.3 is 10.6 Å². The molecule has 1 amide bonds. The fourth-order valence-corrected chi connectivity index (χ4v) is 2.03. The number of amides is 1. The van der Waals surface area contributed by atoms with Gasteiger partial charge in [0.25, 0.3) is 5.91 Å². The first kappa shape index (κ1) is 14.9. The van der Waals surface area contributed by atoms with Crippen molar-refractivity contribution in [2.24, 2.45) is 0 Å². The first-order valence-corrected chi connectivity index (χ1v) is 5.94. The molecule has 1 aromatic rings. The SMILES string of the molecule is Cc1ccc(C(=O)NC2CCNCC2)c(F)c1.Cl. The molecule has 0 aliphatic carbocycles. The summed E-state index contributed by atoms with van der Waals surface area (Å²) in [5.74, 6) is -0.758. The van der Waals surface area contributed by atoms with Crippen molar-refractivity contribution in [3.05, 3.63) is 35.1 Å². The number of hydrogen-bond donors (Lipinski definition) is 2. The molecule has 0 radical (unpaired) electrons. The Bertz CT molecular complexity index is 419. The van der Waals surface area contributed by atoms with Crippen molar-refractivity contribution in [2.45, 2.75) is 25.8 Å². The lowest BCUT2D eigenvalue weighted by atomic mass is 10.1. The molecule has 1 saturated heterocycles. The minimum absolute atomic E-state index is 0. The summed E-state index contributed by atoms with van der Waals surface area (Å²) < 4.78 is 13.6. The maximum absolute atomic E-state index is 13.6. The molecule has 1 aromatic carbocycles. The predicted octanol–water partition coefficient (Wildman–Crippen LogP) is 2.04. The normalized spacial score (nSPS) is 15.9. The number of aryl methyl sites for hydroxylation is 1. The Hall–Kier alpha value is -1.13. The molecule has 0 aromatic heterocycles. The van der Waals surface area contributed by atoms with Crippen molar-refractivity contribution < 1.29 is 9.18 Å². The van der Waals surface area contributed by atoms with Gasteiger partial charge in [-0.25, -0.2) is 4.39 Å². The van der Waals surface area contributed by atoms with E-state index in [0.29, 0.717) is 0 Å². The molecule has 0 unspecified atom stereocenters. The molecule has 3 nitrogen and oxygen atoms in total. The molecule has 1 heterocycles. The molecule has 1 fully saturated rings. The second kappa shape index (κ2) is 6.71. The molecule has 2 rings (SSSR count). The molecule has 0 spiro atoms. The van der Waals surface area contributed by atoms with Crippen LogP contribution >= 0.6 is 12.4 Å². The maximum Gasteiger partial charge on any atom is 0.254 e. The molecule has 5 heteroatoms. The fraction of sp³-hybridized carbons (Fsp3) is 0.462. The van der Waals surface area contributed by atoms with E-state index in [2.05, 4.69) is 10.6 Å². The van der Waals surface area contributed by atoms with E-state index in [1.165, 1.54) is 6.07 Å². The highest BCUT2D eigenvalue weighted by atomic mass is 35.5. The van der Waals surface area contributed by atoms with E-state index in [0.717, 1.165) is 31.5 Å². The molecular formula is C13H18ClFN2O. The molecule has 0 atom stereocenters. The van der Waals surface area contributed by atoms with Gasteiger partial charge in [0.15, 0.2) is 0 Å². The second-order valence-corrected chi connectivity index (χ2v) is 4.48. The van der Waals surface area contributed by atoms with Crippen LogP contribution in [0, 0.1) is 12.7 Å². The Morgan fingerprint density at radius 3 is 2.67 bits per heavy atom. The van der Waals surface area contributed by atoms with Gasteiger partial charge in [-0.3, -0.25) is 4.79 Å². The number of piperidine rings is 1. The topological polar surface area (TPSA) is 41.1 Å². The van der Waals surface area contributed by atoms with E-state index < -0.39 is 5.82 Å². The number of carbonyl (C=O) groups is 1. The van der Waals surface area contributed by atoms with Crippen LogP contribution in [-0.4, -0.2) is 25.0 Å². The van der Waals surface area contributed by atoms with Gasteiger partial charge in [-0.1, -0.05) is 6.07 Å². The average molecular weight is 273 g/mol. The van der Waals surface area contributed by atoms with Crippen molar-refractivity contribution in [2.75, 3.05) is 13.1 Å². The highest BCUT2D eigenvalue weighted by molar-refractivity contribution is 5.94. The molecule has 1 aliphatic heterocycles. The van der Waals surface area contributed by atoms with Crippen molar-refractivity contribution in [3.8, 4) is 0 Å². The number of nitrogens with one attached hydrogen (secondary N) is 2. The minimum atomic E-state index is -0.448. The van der Waals surface area contributed by atoms with E-state index in [9.17, 15) is 9.18 Å². The number of hydrogen-bond acceptors (Lipinski definition) is 2. The minimum Gasteiger partial charge on any atom is -0.349 e. The highest BCUT2D eigenvalue weighted by Gasteiger charge is 2.18. The zero-order valence-electron chi connectivity index (χ0n) is 10.3. The van der Waals surface area contributed by atoms with E-state index in [-0.39, 0.29) is 29.9 Å². The zero-order valence-corrected chi connectivity index (χ0v) is 11.1. The molecule has 0 bridgehead atoms. The highest BCUT2D eigenvalue weighted by Crippen LogP contribution is 2.11. The summed E-state index contributed by atoms with van der Waals surface area (Å²) in [6.45, 7) is 3.61. The third kappa shape index (κ3) is 3.68. The number of carbonyl (C=O) groups excluding carboxylic acids is 1. The van der Waals surface area contributed by atoms with Gasteiger partial charge >= 0.3 is 0 Å². The van der Waals surface area contributed by atoms with Crippen LogP contribution in [0.5, 0.6) is 0 Å². The summed E-state index contributed by atoms with van der Waals surface area (Å²) in [4.78, 5) is 11.9. The number of halogens is 2. The molecule has 0 saturated carbocycles. The standard InChI is InChI=1S/C13H17FN2O.ClH/c1-9-2-3-11(12(14)8-9)13(17)16-10-4-6-15-7-5-10;/h2-3,8,10,15H,4-7H2,1H3,(H,16,17);1H. The predicted molar refractivity (Wildman–Crippen MR) is 71.7 cm³/mol. The van der Waals surface area contributed by atoms with Gasteiger partial charge in [0.1, 0.15) is 5.82 Å². The van der Waals surface area contributed by atoms with Gasteiger partial charge in [-0.15, -0.1) is 12.4 Å².